The molecule has 5 nitrogen and oxygen atoms in total. The number of rotatable bonds is 9. The zero-order valence-corrected chi connectivity index (χ0v) is 20.8. The fraction of sp³-hybridized carbons (Fsp3) is 0.393. The van der Waals surface area contributed by atoms with E-state index in [1.807, 2.05) is 34.0 Å². The summed E-state index contributed by atoms with van der Waals surface area (Å²) in [4.78, 5) is 12.5. The summed E-state index contributed by atoms with van der Waals surface area (Å²) < 4.78 is 17.2. The third-order valence-electron chi connectivity index (χ3n) is 5.76. The van der Waals surface area contributed by atoms with Crippen molar-refractivity contribution in [3.63, 3.8) is 0 Å². The Labute approximate surface area is 196 Å². The molecule has 1 N–H and O–H groups in total. The van der Waals surface area contributed by atoms with Crippen molar-refractivity contribution in [3.05, 3.63) is 58.9 Å². The lowest BCUT2D eigenvalue weighted by Crippen LogP contribution is -2.23. The van der Waals surface area contributed by atoms with Gasteiger partial charge in [-0.1, -0.05) is 23.8 Å². The smallest absolute Gasteiger partial charge is 0.244 e. The number of furan rings is 1. The van der Waals surface area contributed by atoms with E-state index in [-0.39, 0.29) is 12.0 Å². The van der Waals surface area contributed by atoms with Crippen LogP contribution in [0.5, 0.6) is 5.75 Å². The average Bonchev–Trinajstić information content (AvgIpc) is 3.17. The van der Waals surface area contributed by atoms with Gasteiger partial charge in [-0.05, 0) is 70.7 Å². The van der Waals surface area contributed by atoms with Gasteiger partial charge in [-0.3, -0.25) is 4.79 Å². The van der Waals surface area contributed by atoms with E-state index in [0.29, 0.717) is 13.2 Å². The number of fused-ring (bicyclic) bond motifs is 1. The first-order valence-electron chi connectivity index (χ1n) is 11.5. The predicted octanol–water partition coefficient (Wildman–Crippen LogP) is 6.37. The molecule has 0 aliphatic rings. The number of amides is 1. The molecule has 33 heavy (non-hydrogen) atoms. The Morgan fingerprint density at radius 3 is 2.58 bits per heavy atom. The molecule has 3 aromatic rings. The third-order valence-corrected chi connectivity index (χ3v) is 5.76. The van der Waals surface area contributed by atoms with Crippen LogP contribution in [0.4, 0.5) is 0 Å². The maximum atomic E-state index is 12.5. The molecule has 0 spiro atoms. The first-order chi connectivity index (χ1) is 15.7. The summed E-state index contributed by atoms with van der Waals surface area (Å²) in [6.07, 6.45) is 4.41. The number of aryl methyl sites for hydroxylation is 3. The van der Waals surface area contributed by atoms with Crippen LogP contribution >= 0.6 is 0 Å². The van der Waals surface area contributed by atoms with Gasteiger partial charge in [-0.15, -0.1) is 0 Å². The number of allylic oxidation sites excluding steroid dienone is 1. The second-order valence-corrected chi connectivity index (χ2v) is 8.82. The highest BCUT2D eigenvalue weighted by molar-refractivity contribution is 6.02. The molecule has 1 amide bonds. The molecule has 1 heterocycles. The molecule has 0 atom stereocenters. The van der Waals surface area contributed by atoms with Crippen molar-refractivity contribution in [2.24, 2.45) is 0 Å². The fourth-order valence-corrected chi connectivity index (χ4v) is 4.12. The summed E-state index contributed by atoms with van der Waals surface area (Å²) >= 11 is 0. The highest BCUT2D eigenvalue weighted by Gasteiger charge is 2.19. The van der Waals surface area contributed by atoms with Gasteiger partial charge in [0.1, 0.15) is 11.3 Å². The van der Waals surface area contributed by atoms with Crippen molar-refractivity contribution < 1.29 is 18.7 Å². The molecule has 0 radical (unpaired) electrons. The lowest BCUT2D eigenvalue weighted by Gasteiger charge is -2.14. The summed E-state index contributed by atoms with van der Waals surface area (Å²) in [5.74, 6) is 0.592. The minimum atomic E-state index is -0.126. The van der Waals surface area contributed by atoms with Gasteiger partial charge in [0.2, 0.25) is 5.91 Å². The maximum Gasteiger partial charge on any atom is 0.244 e. The molecule has 1 aromatic heterocycles. The summed E-state index contributed by atoms with van der Waals surface area (Å²) in [5.41, 5.74) is 8.03. The Morgan fingerprint density at radius 1 is 1.15 bits per heavy atom. The van der Waals surface area contributed by atoms with Gasteiger partial charge in [0.05, 0.1) is 19.5 Å². The zero-order chi connectivity index (χ0) is 24.1. The number of ether oxygens (including phenoxy) is 2. The largest absolute Gasteiger partial charge is 0.496 e. The number of methoxy groups -OCH3 is 1. The molecule has 2 aromatic carbocycles. The van der Waals surface area contributed by atoms with Crippen LogP contribution in [0.15, 0.2) is 41.0 Å². The molecule has 176 valence electrons. The summed E-state index contributed by atoms with van der Waals surface area (Å²) in [6.45, 7) is 13.3. The minimum Gasteiger partial charge on any atom is -0.496 e. The van der Waals surface area contributed by atoms with E-state index in [9.17, 15) is 4.79 Å². The topological polar surface area (TPSA) is 60.7 Å². The first kappa shape index (κ1) is 24.6. The molecule has 0 bridgehead atoms. The summed E-state index contributed by atoms with van der Waals surface area (Å²) in [5, 5.41) is 3.95. The van der Waals surface area contributed by atoms with Crippen molar-refractivity contribution in [2.45, 2.75) is 54.1 Å². The van der Waals surface area contributed by atoms with Crippen LogP contribution in [0.3, 0.4) is 0 Å². The first-order valence-corrected chi connectivity index (χ1v) is 11.5. The Bertz CT molecular complexity index is 1170. The van der Waals surface area contributed by atoms with Crippen LogP contribution in [0.25, 0.3) is 27.7 Å². The number of nitrogens with one attached hydrogen (secondary N) is 1. The lowest BCUT2D eigenvalue weighted by atomic mass is 9.94. The van der Waals surface area contributed by atoms with Crippen LogP contribution in [0.2, 0.25) is 0 Å². The SMILES string of the molecule is COc1c(/C(C)=C/C(=O)NCCCOC(C)C)cc2c(-c3ccc(C)cc3C)coc2c1C. The van der Waals surface area contributed by atoms with Gasteiger partial charge in [-0.2, -0.15) is 0 Å². The van der Waals surface area contributed by atoms with Crippen molar-refractivity contribution >= 4 is 22.4 Å². The average molecular weight is 450 g/mol. The number of carbonyl (C=O) groups is 1. The molecule has 0 unspecified atom stereocenters. The normalized spacial score (nSPS) is 11.9. The van der Waals surface area contributed by atoms with Crippen molar-refractivity contribution in [1.29, 1.82) is 0 Å². The molecular weight excluding hydrogens is 414 g/mol. The van der Waals surface area contributed by atoms with E-state index in [0.717, 1.165) is 51.0 Å². The standard InChI is InChI=1S/C28H35NO4/c1-17(2)32-12-8-11-29-26(30)14-20(5)23-15-24-25(22-10-9-18(3)13-19(22)4)16-33-28(24)21(6)27(23)31-7/h9-10,13-17H,8,11-12H2,1-7H3,(H,29,30)/b20-14+. The van der Waals surface area contributed by atoms with E-state index < -0.39 is 0 Å². The van der Waals surface area contributed by atoms with Crippen LogP contribution in [-0.2, 0) is 9.53 Å². The van der Waals surface area contributed by atoms with Crippen molar-refractivity contribution in [2.75, 3.05) is 20.3 Å². The number of carbonyl (C=O) groups excluding carboxylic acids is 1. The number of hydrogen-bond donors (Lipinski definition) is 1. The highest BCUT2D eigenvalue weighted by atomic mass is 16.5. The van der Waals surface area contributed by atoms with Crippen LogP contribution < -0.4 is 10.1 Å². The van der Waals surface area contributed by atoms with Crippen LogP contribution in [0, 0.1) is 20.8 Å². The molecule has 0 aliphatic heterocycles. The summed E-state index contributed by atoms with van der Waals surface area (Å²) in [6, 6.07) is 8.48. The monoisotopic (exact) mass is 449 g/mol. The Balaban J connectivity index is 1.93. The van der Waals surface area contributed by atoms with Gasteiger partial charge in [0.25, 0.3) is 0 Å². The Morgan fingerprint density at radius 2 is 1.91 bits per heavy atom. The number of benzene rings is 2. The van der Waals surface area contributed by atoms with Crippen molar-refractivity contribution in [3.8, 4) is 16.9 Å². The highest BCUT2D eigenvalue weighted by Crippen LogP contribution is 2.41. The second-order valence-electron chi connectivity index (χ2n) is 8.82. The van der Waals surface area contributed by atoms with E-state index in [1.54, 1.807) is 13.2 Å². The predicted molar refractivity (Wildman–Crippen MR) is 135 cm³/mol. The quantitative estimate of drug-likeness (QED) is 0.305. The minimum absolute atomic E-state index is 0.126. The molecule has 5 heteroatoms. The van der Waals surface area contributed by atoms with Gasteiger partial charge < -0.3 is 19.2 Å². The zero-order valence-electron chi connectivity index (χ0n) is 20.8. The summed E-state index contributed by atoms with van der Waals surface area (Å²) in [7, 11) is 1.65. The van der Waals surface area contributed by atoms with Crippen LogP contribution in [-0.4, -0.2) is 32.3 Å². The molecule has 0 saturated carbocycles. The molecular formula is C28H35NO4. The second kappa shape index (κ2) is 10.7. The molecule has 0 saturated heterocycles. The van der Waals surface area contributed by atoms with E-state index in [1.165, 1.54) is 11.1 Å². The van der Waals surface area contributed by atoms with Gasteiger partial charge in [-0.25, -0.2) is 0 Å². The Kier molecular flexibility index (Phi) is 7.98. The van der Waals surface area contributed by atoms with E-state index in [4.69, 9.17) is 13.9 Å². The van der Waals surface area contributed by atoms with Crippen LogP contribution in [0.1, 0.15) is 49.4 Å². The maximum absolute atomic E-state index is 12.5. The number of hydrogen-bond acceptors (Lipinski definition) is 4. The van der Waals surface area contributed by atoms with E-state index >= 15 is 0 Å². The molecule has 0 aliphatic carbocycles. The van der Waals surface area contributed by atoms with Gasteiger partial charge >= 0.3 is 0 Å². The van der Waals surface area contributed by atoms with Gasteiger partial charge in [0, 0.05) is 41.3 Å². The van der Waals surface area contributed by atoms with Gasteiger partial charge in [0.15, 0.2) is 0 Å². The fourth-order valence-electron chi connectivity index (χ4n) is 4.12. The lowest BCUT2D eigenvalue weighted by molar-refractivity contribution is -0.116. The third kappa shape index (κ3) is 5.66. The van der Waals surface area contributed by atoms with Crippen molar-refractivity contribution in [1.82, 2.24) is 5.32 Å². The Hall–Kier alpha value is -3.05. The van der Waals surface area contributed by atoms with E-state index in [2.05, 4.69) is 43.4 Å². The molecule has 3 rings (SSSR count). The molecule has 0 fully saturated rings.